The van der Waals surface area contributed by atoms with Crippen LogP contribution in [-0.4, -0.2) is 18.3 Å². The maximum Gasteiger partial charge on any atom is 0.227 e. The van der Waals surface area contributed by atoms with E-state index in [-0.39, 0.29) is 18.1 Å². The SMILES string of the molecule is CC(=O)c1ccc(Nc2ccc(NC(=O)CCOc3ccccc3)cc2)cc1. The summed E-state index contributed by atoms with van der Waals surface area (Å²) in [4.78, 5) is 23.3. The molecule has 3 aromatic rings. The van der Waals surface area contributed by atoms with Crippen LogP contribution in [0.3, 0.4) is 0 Å². The van der Waals surface area contributed by atoms with E-state index < -0.39 is 0 Å². The minimum Gasteiger partial charge on any atom is -0.493 e. The third-order valence-corrected chi connectivity index (χ3v) is 4.09. The maximum atomic E-state index is 12.0. The quantitative estimate of drug-likeness (QED) is 0.542. The Labute approximate surface area is 164 Å². The predicted octanol–water partition coefficient (Wildman–Crippen LogP) is 5.04. The molecule has 0 aliphatic carbocycles. The van der Waals surface area contributed by atoms with E-state index in [4.69, 9.17) is 4.74 Å². The van der Waals surface area contributed by atoms with Gasteiger partial charge >= 0.3 is 0 Å². The van der Waals surface area contributed by atoms with Crippen LogP contribution in [0.15, 0.2) is 78.9 Å². The van der Waals surface area contributed by atoms with Gasteiger partial charge in [-0.3, -0.25) is 9.59 Å². The van der Waals surface area contributed by atoms with Crippen LogP contribution >= 0.6 is 0 Å². The van der Waals surface area contributed by atoms with Crippen molar-refractivity contribution in [2.45, 2.75) is 13.3 Å². The molecule has 5 heteroatoms. The van der Waals surface area contributed by atoms with Crippen LogP contribution in [0.4, 0.5) is 17.1 Å². The maximum absolute atomic E-state index is 12.0. The first-order chi connectivity index (χ1) is 13.6. The van der Waals surface area contributed by atoms with Gasteiger partial charge in [-0.05, 0) is 67.6 Å². The van der Waals surface area contributed by atoms with Crippen molar-refractivity contribution < 1.29 is 14.3 Å². The number of benzene rings is 3. The zero-order chi connectivity index (χ0) is 19.8. The third kappa shape index (κ3) is 5.71. The van der Waals surface area contributed by atoms with Crippen molar-refractivity contribution in [3.63, 3.8) is 0 Å². The van der Waals surface area contributed by atoms with Gasteiger partial charge in [0.2, 0.25) is 5.91 Å². The van der Waals surface area contributed by atoms with Gasteiger partial charge in [0, 0.05) is 22.6 Å². The van der Waals surface area contributed by atoms with E-state index in [0.29, 0.717) is 12.2 Å². The largest absolute Gasteiger partial charge is 0.493 e. The molecule has 0 spiro atoms. The molecule has 1 amide bonds. The number of amides is 1. The van der Waals surface area contributed by atoms with Gasteiger partial charge in [-0.1, -0.05) is 18.2 Å². The highest BCUT2D eigenvalue weighted by Crippen LogP contribution is 2.20. The number of nitrogens with one attached hydrogen (secondary N) is 2. The van der Waals surface area contributed by atoms with Crippen molar-refractivity contribution >= 4 is 28.8 Å². The van der Waals surface area contributed by atoms with E-state index in [2.05, 4.69) is 10.6 Å². The molecule has 0 atom stereocenters. The number of hydrogen-bond acceptors (Lipinski definition) is 4. The number of para-hydroxylation sites is 1. The molecule has 0 saturated heterocycles. The zero-order valence-electron chi connectivity index (χ0n) is 15.6. The summed E-state index contributed by atoms with van der Waals surface area (Å²) in [6, 6.07) is 24.2. The Hall–Kier alpha value is -3.60. The van der Waals surface area contributed by atoms with E-state index >= 15 is 0 Å². The Morgan fingerprint density at radius 3 is 1.96 bits per heavy atom. The second-order valence-corrected chi connectivity index (χ2v) is 6.30. The topological polar surface area (TPSA) is 67.4 Å². The molecular formula is C23H22N2O3. The molecule has 3 rings (SSSR count). The third-order valence-electron chi connectivity index (χ3n) is 4.09. The molecule has 0 saturated carbocycles. The first-order valence-corrected chi connectivity index (χ1v) is 9.06. The van der Waals surface area contributed by atoms with E-state index in [1.54, 1.807) is 19.1 Å². The molecule has 0 bridgehead atoms. The lowest BCUT2D eigenvalue weighted by Gasteiger charge is -2.10. The van der Waals surface area contributed by atoms with Crippen molar-refractivity contribution in [1.29, 1.82) is 0 Å². The number of rotatable bonds is 8. The van der Waals surface area contributed by atoms with Gasteiger partial charge in [0.25, 0.3) is 0 Å². The van der Waals surface area contributed by atoms with Crippen LogP contribution in [0, 0.1) is 0 Å². The fourth-order valence-electron chi connectivity index (χ4n) is 2.59. The Kier molecular flexibility index (Phi) is 6.41. The van der Waals surface area contributed by atoms with E-state index in [0.717, 1.165) is 22.8 Å². The average Bonchev–Trinajstić information content (AvgIpc) is 2.71. The number of anilines is 3. The number of ketones is 1. The van der Waals surface area contributed by atoms with Crippen LogP contribution in [0.1, 0.15) is 23.7 Å². The summed E-state index contributed by atoms with van der Waals surface area (Å²) >= 11 is 0. The summed E-state index contributed by atoms with van der Waals surface area (Å²) in [5, 5.41) is 6.11. The van der Waals surface area contributed by atoms with Gasteiger partial charge in [-0.25, -0.2) is 0 Å². The van der Waals surface area contributed by atoms with Gasteiger partial charge in [0.1, 0.15) is 5.75 Å². The number of hydrogen-bond donors (Lipinski definition) is 2. The number of carbonyl (C=O) groups excluding carboxylic acids is 2. The highest BCUT2D eigenvalue weighted by molar-refractivity contribution is 5.94. The molecule has 5 nitrogen and oxygen atoms in total. The van der Waals surface area contributed by atoms with Crippen LogP contribution in [0.25, 0.3) is 0 Å². The molecule has 2 N–H and O–H groups in total. The van der Waals surface area contributed by atoms with Crippen molar-refractivity contribution in [3.05, 3.63) is 84.4 Å². The summed E-state index contributed by atoms with van der Waals surface area (Å²) in [5.74, 6) is 0.694. The van der Waals surface area contributed by atoms with E-state index in [1.807, 2.05) is 66.7 Å². The molecule has 0 radical (unpaired) electrons. The molecule has 0 aromatic heterocycles. The average molecular weight is 374 g/mol. The fourth-order valence-corrected chi connectivity index (χ4v) is 2.59. The van der Waals surface area contributed by atoms with Gasteiger partial charge < -0.3 is 15.4 Å². The summed E-state index contributed by atoms with van der Waals surface area (Å²) in [6.07, 6.45) is 0.275. The minimum atomic E-state index is -0.100. The summed E-state index contributed by atoms with van der Waals surface area (Å²) < 4.78 is 5.53. The van der Waals surface area contributed by atoms with Crippen LogP contribution in [-0.2, 0) is 4.79 Å². The van der Waals surface area contributed by atoms with Crippen LogP contribution in [0.5, 0.6) is 5.75 Å². The molecule has 0 heterocycles. The number of ether oxygens (including phenoxy) is 1. The molecule has 3 aromatic carbocycles. The van der Waals surface area contributed by atoms with Crippen LogP contribution in [0.2, 0.25) is 0 Å². The molecule has 28 heavy (non-hydrogen) atoms. The zero-order valence-corrected chi connectivity index (χ0v) is 15.6. The van der Waals surface area contributed by atoms with Crippen molar-refractivity contribution in [1.82, 2.24) is 0 Å². The summed E-state index contributed by atoms with van der Waals surface area (Å²) in [5.41, 5.74) is 3.18. The van der Waals surface area contributed by atoms with E-state index in [9.17, 15) is 9.59 Å². The van der Waals surface area contributed by atoms with Crippen molar-refractivity contribution in [3.8, 4) is 5.75 Å². The van der Waals surface area contributed by atoms with Crippen molar-refractivity contribution in [2.75, 3.05) is 17.2 Å². The lowest BCUT2D eigenvalue weighted by molar-refractivity contribution is -0.116. The van der Waals surface area contributed by atoms with Crippen LogP contribution < -0.4 is 15.4 Å². The summed E-state index contributed by atoms with van der Waals surface area (Å²) in [6.45, 7) is 1.87. The predicted molar refractivity (Wildman–Crippen MR) is 111 cm³/mol. The summed E-state index contributed by atoms with van der Waals surface area (Å²) in [7, 11) is 0. The lowest BCUT2D eigenvalue weighted by Crippen LogP contribution is -2.15. The second-order valence-electron chi connectivity index (χ2n) is 6.30. The smallest absolute Gasteiger partial charge is 0.227 e. The first kappa shape index (κ1) is 19.2. The lowest BCUT2D eigenvalue weighted by atomic mass is 10.1. The Bertz CT molecular complexity index is 920. The Balaban J connectivity index is 1.47. The monoisotopic (exact) mass is 374 g/mol. The Morgan fingerprint density at radius 2 is 1.36 bits per heavy atom. The van der Waals surface area contributed by atoms with Gasteiger partial charge in [-0.15, -0.1) is 0 Å². The van der Waals surface area contributed by atoms with Gasteiger partial charge in [0.05, 0.1) is 13.0 Å². The molecule has 0 fully saturated rings. The highest BCUT2D eigenvalue weighted by Gasteiger charge is 2.04. The molecule has 0 aliphatic rings. The Morgan fingerprint density at radius 1 is 0.786 bits per heavy atom. The van der Waals surface area contributed by atoms with Crippen molar-refractivity contribution in [2.24, 2.45) is 0 Å². The molecule has 0 unspecified atom stereocenters. The second kappa shape index (κ2) is 9.37. The molecule has 0 aliphatic heterocycles. The minimum absolute atomic E-state index is 0.0424. The highest BCUT2D eigenvalue weighted by atomic mass is 16.5. The number of carbonyl (C=O) groups is 2. The normalized spacial score (nSPS) is 10.2. The fraction of sp³-hybridized carbons (Fsp3) is 0.130. The molecular weight excluding hydrogens is 352 g/mol. The molecule has 142 valence electrons. The van der Waals surface area contributed by atoms with Gasteiger partial charge in [-0.2, -0.15) is 0 Å². The van der Waals surface area contributed by atoms with Gasteiger partial charge in [0.15, 0.2) is 5.78 Å². The first-order valence-electron chi connectivity index (χ1n) is 9.06. The number of Topliss-reactive ketones (excluding diaryl/α,β-unsaturated/α-hetero) is 1. The van der Waals surface area contributed by atoms with E-state index in [1.165, 1.54) is 0 Å². The standard InChI is InChI=1S/C23H22N2O3/c1-17(26)18-7-9-19(10-8-18)24-20-11-13-21(14-12-20)25-23(27)15-16-28-22-5-3-2-4-6-22/h2-14,24H,15-16H2,1H3,(H,25,27).